The van der Waals surface area contributed by atoms with Crippen LogP contribution in [0.25, 0.3) is 10.2 Å². The third kappa shape index (κ3) is 1.80. The minimum absolute atomic E-state index is 0.0766. The fourth-order valence-electron chi connectivity index (χ4n) is 2.53. The molecule has 0 spiro atoms. The molecule has 3 heterocycles. The smallest absolute Gasteiger partial charge is 0.254 e. The van der Waals surface area contributed by atoms with Crippen LogP contribution in [0, 0.1) is 0 Å². The first-order valence-electron chi connectivity index (χ1n) is 6.44. The van der Waals surface area contributed by atoms with Gasteiger partial charge in [-0.25, -0.2) is 4.98 Å². The highest BCUT2D eigenvalue weighted by Gasteiger charge is 2.22. The number of thiazole rings is 1. The van der Waals surface area contributed by atoms with Crippen LogP contribution in [-0.4, -0.2) is 32.1 Å². The van der Waals surface area contributed by atoms with Gasteiger partial charge in [-0.3, -0.25) is 9.48 Å². The van der Waals surface area contributed by atoms with Crippen LogP contribution >= 0.6 is 11.3 Å². The Bertz CT molecular complexity index is 791. The summed E-state index contributed by atoms with van der Waals surface area (Å²) in [7, 11) is 0. The van der Waals surface area contributed by atoms with Gasteiger partial charge in [0.25, 0.3) is 5.91 Å². The first-order chi connectivity index (χ1) is 9.81. The van der Waals surface area contributed by atoms with Crippen molar-refractivity contribution in [3.8, 4) is 0 Å². The van der Waals surface area contributed by atoms with Gasteiger partial charge in [0.1, 0.15) is 0 Å². The summed E-state index contributed by atoms with van der Waals surface area (Å²) in [6.07, 6.45) is 1.78. The average Bonchev–Trinajstić information content (AvgIpc) is 3.13. The Kier molecular flexibility index (Phi) is 2.56. The molecule has 6 heteroatoms. The van der Waals surface area contributed by atoms with Gasteiger partial charge < -0.3 is 4.90 Å². The molecule has 3 aromatic rings. The van der Waals surface area contributed by atoms with Crippen molar-refractivity contribution in [1.29, 1.82) is 0 Å². The van der Waals surface area contributed by atoms with Crippen LogP contribution in [0.3, 0.4) is 0 Å². The van der Waals surface area contributed by atoms with Crippen LogP contribution < -0.4 is 0 Å². The number of amides is 1. The van der Waals surface area contributed by atoms with E-state index in [1.807, 2.05) is 33.8 Å². The van der Waals surface area contributed by atoms with Crippen LogP contribution in [0.15, 0.2) is 36.0 Å². The topological polar surface area (TPSA) is 51.0 Å². The second kappa shape index (κ2) is 4.42. The molecule has 0 saturated heterocycles. The number of benzene rings is 1. The maximum atomic E-state index is 12.6. The molecule has 0 unspecified atom stereocenters. The van der Waals surface area contributed by atoms with Crippen molar-refractivity contribution in [2.24, 2.45) is 0 Å². The van der Waals surface area contributed by atoms with E-state index in [0.717, 1.165) is 28.0 Å². The molecule has 100 valence electrons. The fourth-order valence-corrected chi connectivity index (χ4v) is 3.25. The first kappa shape index (κ1) is 11.6. The van der Waals surface area contributed by atoms with Gasteiger partial charge >= 0.3 is 0 Å². The number of fused-ring (bicyclic) bond motifs is 2. The van der Waals surface area contributed by atoms with Crippen LogP contribution in [0.2, 0.25) is 0 Å². The summed E-state index contributed by atoms with van der Waals surface area (Å²) in [6.45, 7) is 2.09. The second-order valence-electron chi connectivity index (χ2n) is 4.81. The van der Waals surface area contributed by atoms with Crippen LogP contribution in [-0.2, 0) is 13.1 Å². The van der Waals surface area contributed by atoms with E-state index in [0.29, 0.717) is 13.1 Å². The van der Waals surface area contributed by atoms with E-state index < -0.39 is 0 Å². The maximum absolute atomic E-state index is 12.6. The van der Waals surface area contributed by atoms with Gasteiger partial charge in [0.2, 0.25) is 0 Å². The van der Waals surface area contributed by atoms with E-state index in [-0.39, 0.29) is 5.91 Å². The largest absolute Gasteiger partial charge is 0.331 e. The molecule has 0 radical (unpaired) electrons. The van der Waals surface area contributed by atoms with Crippen LogP contribution in [0.1, 0.15) is 16.1 Å². The molecule has 2 aromatic heterocycles. The zero-order valence-electron chi connectivity index (χ0n) is 10.7. The lowest BCUT2D eigenvalue weighted by molar-refractivity contribution is 0.0706. The van der Waals surface area contributed by atoms with Gasteiger partial charge in [-0.2, -0.15) is 5.10 Å². The second-order valence-corrected chi connectivity index (χ2v) is 5.69. The summed E-state index contributed by atoms with van der Waals surface area (Å²) < 4.78 is 3.01. The normalized spacial score (nSPS) is 14.5. The Hall–Kier alpha value is -2.21. The summed E-state index contributed by atoms with van der Waals surface area (Å²) in [4.78, 5) is 18.7. The molecule has 0 fully saturated rings. The van der Waals surface area contributed by atoms with Crippen molar-refractivity contribution >= 4 is 27.5 Å². The Morgan fingerprint density at radius 2 is 2.20 bits per heavy atom. The lowest BCUT2D eigenvalue weighted by Gasteiger charge is -2.27. The molecule has 1 amide bonds. The van der Waals surface area contributed by atoms with Crippen molar-refractivity contribution in [1.82, 2.24) is 19.7 Å². The number of rotatable bonds is 1. The van der Waals surface area contributed by atoms with Gasteiger partial charge in [0, 0.05) is 18.3 Å². The maximum Gasteiger partial charge on any atom is 0.254 e. The van der Waals surface area contributed by atoms with Gasteiger partial charge in [-0.05, 0) is 24.3 Å². The Morgan fingerprint density at radius 1 is 1.25 bits per heavy atom. The molecule has 0 aliphatic carbocycles. The van der Waals surface area contributed by atoms with E-state index in [1.165, 1.54) is 0 Å². The number of nitrogens with zero attached hydrogens (tertiary/aromatic N) is 4. The van der Waals surface area contributed by atoms with Crippen molar-refractivity contribution in [3.63, 3.8) is 0 Å². The predicted octanol–water partition coefficient (Wildman–Crippen LogP) is 2.15. The highest BCUT2D eigenvalue weighted by molar-refractivity contribution is 7.16. The molecular formula is C14H12N4OS. The minimum atomic E-state index is 0.0766. The Balaban J connectivity index is 1.64. The standard InChI is InChI=1S/C14H12N4OS/c19-14(10-1-2-12-13(7-10)20-9-15-12)17-5-6-18-11(8-17)3-4-16-18/h1-4,7,9H,5-6,8H2. The molecule has 0 bridgehead atoms. The summed E-state index contributed by atoms with van der Waals surface area (Å²) >= 11 is 1.56. The minimum Gasteiger partial charge on any atom is -0.331 e. The lowest BCUT2D eigenvalue weighted by Crippen LogP contribution is -2.38. The number of hydrogen-bond acceptors (Lipinski definition) is 4. The van der Waals surface area contributed by atoms with Gasteiger partial charge in [0.15, 0.2) is 0 Å². The molecule has 0 saturated carbocycles. The van der Waals surface area contributed by atoms with Crippen molar-refractivity contribution in [2.45, 2.75) is 13.1 Å². The summed E-state index contributed by atoms with van der Waals surface area (Å²) in [6, 6.07) is 7.66. The monoisotopic (exact) mass is 284 g/mol. The van der Waals surface area contributed by atoms with Crippen molar-refractivity contribution in [3.05, 3.63) is 47.2 Å². The summed E-state index contributed by atoms with van der Waals surface area (Å²) in [5.74, 6) is 0.0766. The van der Waals surface area contributed by atoms with E-state index in [4.69, 9.17) is 0 Å². The average molecular weight is 284 g/mol. The van der Waals surface area contributed by atoms with Crippen LogP contribution in [0.4, 0.5) is 0 Å². The highest BCUT2D eigenvalue weighted by Crippen LogP contribution is 2.21. The fraction of sp³-hybridized carbons (Fsp3) is 0.214. The number of carbonyl (C=O) groups is 1. The molecule has 1 aliphatic rings. The molecule has 1 aliphatic heterocycles. The molecular weight excluding hydrogens is 272 g/mol. The molecule has 0 atom stereocenters. The first-order valence-corrected chi connectivity index (χ1v) is 7.32. The molecule has 5 nitrogen and oxygen atoms in total. The lowest BCUT2D eigenvalue weighted by atomic mass is 10.1. The summed E-state index contributed by atoms with van der Waals surface area (Å²) in [5, 5.41) is 4.23. The van der Waals surface area contributed by atoms with Gasteiger partial charge in [-0.1, -0.05) is 0 Å². The van der Waals surface area contributed by atoms with Gasteiger partial charge in [0.05, 0.1) is 34.5 Å². The number of carbonyl (C=O) groups excluding carboxylic acids is 1. The molecule has 1 aromatic carbocycles. The van der Waals surface area contributed by atoms with Crippen LogP contribution in [0.5, 0.6) is 0 Å². The number of aromatic nitrogens is 3. The third-order valence-corrected chi connectivity index (χ3v) is 4.40. The van der Waals surface area contributed by atoms with E-state index >= 15 is 0 Å². The molecule has 0 N–H and O–H groups in total. The van der Waals surface area contributed by atoms with Crippen molar-refractivity contribution in [2.75, 3.05) is 6.54 Å². The Morgan fingerprint density at radius 3 is 3.15 bits per heavy atom. The third-order valence-electron chi connectivity index (χ3n) is 3.60. The molecule has 20 heavy (non-hydrogen) atoms. The van der Waals surface area contributed by atoms with Gasteiger partial charge in [-0.15, -0.1) is 11.3 Å². The Labute approximate surface area is 119 Å². The van der Waals surface area contributed by atoms with Crippen molar-refractivity contribution < 1.29 is 4.79 Å². The highest BCUT2D eigenvalue weighted by atomic mass is 32.1. The quantitative estimate of drug-likeness (QED) is 0.688. The predicted molar refractivity (Wildman–Crippen MR) is 76.6 cm³/mol. The summed E-state index contributed by atoms with van der Waals surface area (Å²) in [5.41, 5.74) is 4.57. The van der Waals surface area contributed by atoms with E-state index in [1.54, 1.807) is 23.0 Å². The van der Waals surface area contributed by atoms with E-state index in [9.17, 15) is 4.79 Å². The zero-order chi connectivity index (χ0) is 13.5. The molecule has 4 rings (SSSR count). The van der Waals surface area contributed by atoms with E-state index in [2.05, 4.69) is 10.1 Å². The number of hydrogen-bond donors (Lipinski definition) is 0. The zero-order valence-corrected chi connectivity index (χ0v) is 11.5. The SMILES string of the molecule is O=C(c1ccc2ncsc2c1)N1CCn2nccc2C1.